The lowest BCUT2D eigenvalue weighted by atomic mass is 10.2. The average Bonchev–Trinajstić information content (AvgIpc) is 2.78. The third-order valence-corrected chi connectivity index (χ3v) is 1.87. The maximum absolute atomic E-state index is 12.4. The van der Waals surface area contributed by atoms with Crippen LogP contribution in [0.5, 0.6) is 0 Å². The lowest BCUT2D eigenvalue weighted by molar-refractivity contribution is -0.154. The van der Waals surface area contributed by atoms with Crippen molar-refractivity contribution in [3.8, 4) is 0 Å². The first-order chi connectivity index (χ1) is 8.48. The van der Waals surface area contributed by atoms with Gasteiger partial charge in [0.05, 0.1) is 5.56 Å². The number of rotatable bonds is 2. The zero-order chi connectivity index (χ0) is 13.2. The molecule has 0 aliphatic carbocycles. The summed E-state index contributed by atoms with van der Waals surface area (Å²) in [5.74, 6) is -2.50. The molecule has 0 fully saturated rings. The quantitative estimate of drug-likeness (QED) is 0.750. The van der Waals surface area contributed by atoms with E-state index in [1.165, 1.54) is 12.1 Å². The van der Waals surface area contributed by atoms with Crippen LogP contribution < -0.4 is 4.84 Å². The van der Waals surface area contributed by atoms with E-state index in [0.29, 0.717) is 0 Å². The van der Waals surface area contributed by atoms with Crippen molar-refractivity contribution in [3.63, 3.8) is 0 Å². The van der Waals surface area contributed by atoms with Gasteiger partial charge in [-0.05, 0) is 27.4 Å². The van der Waals surface area contributed by atoms with Crippen LogP contribution in [0.2, 0.25) is 0 Å². The van der Waals surface area contributed by atoms with Crippen molar-refractivity contribution in [2.45, 2.75) is 6.18 Å². The number of hydrogen-bond acceptors (Lipinski definition) is 5. The summed E-state index contributed by atoms with van der Waals surface area (Å²) < 4.78 is 37.1. The summed E-state index contributed by atoms with van der Waals surface area (Å²) in [4.78, 5) is 15.8. The summed E-state index contributed by atoms with van der Waals surface area (Å²) in [7, 11) is 0. The van der Waals surface area contributed by atoms with Crippen molar-refractivity contribution < 1.29 is 22.8 Å². The van der Waals surface area contributed by atoms with Gasteiger partial charge in [-0.2, -0.15) is 13.2 Å². The SMILES string of the molecule is O=C(On1nnnc1C(F)(F)F)c1ccccc1. The second-order valence-corrected chi connectivity index (χ2v) is 3.12. The molecular formula is C9H5F3N4O2. The number of nitrogens with zero attached hydrogens (tertiary/aromatic N) is 4. The number of alkyl halides is 3. The fraction of sp³-hybridized carbons (Fsp3) is 0.111. The van der Waals surface area contributed by atoms with Crippen LogP contribution in [-0.2, 0) is 6.18 Å². The van der Waals surface area contributed by atoms with Gasteiger partial charge in [-0.15, -0.1) is 0 Å². The summed E-state index contributed by atoms with van der Waals surface area (Å²) in [5.41, 5.74) is 0.0844. The Bertz CT molecular complexity index is 552. The third kappa shape index (κ3) is 2.44. The molecule has 0 aliphatic heterocycles. The maximum Gasteiger partial charge on any atom is 0.456 e. The topological polar surface area (TPSA) is 69.9 Å². The van der Waals surface area contributed by atoms with E-state index >= 15 is 0 Å². The van der Waals surface area contributed by atoms with Crippen molar-refractivity contribution in [3.05, 3.63) is 41.7 Å². The summed E-state index contributed by atoms with van der Waals surface area (Å²) in [6, 6.07) is 7.51. The smallest absolute Gasteiger partial charge is 0.310 e. The van der Waals surface area contributed by atoms with Gasteiger partial charge in [0.2, 0.25) is 0 Å². The van der Waals surface area contributed by atoms with E-state index in [2.05, 4.69) is 20.4 Å². The van der Waals surface area contributed by atoms with E-state index in [-0.39, 0.29) is 10.4 Å². The first kappa shape index (κ1) is 12.0. The van der Waals surface area contributed by atoms with Gasteiger partial charge in [0.1, 0.15) is 0 Å². The van der Waals surface area contributed by atoms with Gasteiger partial charge in [-0.1, -0.05) is 23.3 Å². The molecule has 0 spiro atoms. The lowest BCUT2D eigenvalue weighted by Gasteiger charge is -2.06. The molecule has 0 unspecified atom stereocenters. The van der Waals surface area contributed by atoms with Crippen LogP contribution in [0.3, 0.4) is 0 Å². The number of tetrazole rings is 1. The minimum atomic E-state index is -4.81. The van der Waals surface area contributed by atoms with Crippen LogP contribution in [-0.4, -0.2) is 26.3 Å². The highest BCUT2D eigenvalue weighted by molar-refractivity contribution is 5.89. The number of carbonyl (C=O) groups excluding carboxylic acids is 1. The standard InChI is InChI=1S/C9H5F3N4O2/c10-9(11,12)8-13-14-15-16(8)18-7(17)6-4-2-1-3-5-6/h1-5H. The van der Waals surface area contributed by atoms with Crippen molar-refractivity contribution in [1.82, 2.24) is 20.4 Å². The van der Waals surface area contributed by atoms with E-state index in [4.69, 9.17) is 0 Å². The predicted molar refractivity (Wildman–Crippen MR) is 50.2 cm³/mol. The first-order valence-corrected chi connectivity index (χ1v) is 4.62. The second kappa shape index (κ2) is 4.43. The molecule has 0 bridgehead atoms. The number of hydrogen-bond donors (Lipinski definition) is 0. The molecule has 0 atom stereocenters. The number of carbonyl (C=O) groups is 1. The molecule has 1 aromatic heterocycles. The van der Waals surface area contributed by atoms with Crippen LogP contribution in [0, 0.1) is 0 Å². The van der Waals surface area contributed by atoms with Crippen molar-refractivity contribution in [2.24, 2.45) is 0 Å². The Balaban J connectivity index is 2.21. The zero-order valence-corrected chi connectivity index (χ0v) is 8.63. The molecule has 1 aromatic carbocycles. The highest BCUT2D eigenvalue weighted by Gasteiger charge is 2.39. The molecule has 0 amide bonds. The summed E-state index contributed by atoms with van der Waals surface area (Å²) in [6.45, 7) is 0. The molecule has 0 N–H and O–H groups in total. The van der Waals surface area contributed by atoms with Crippen molar-refractivity contribution >= 4 is 5.97 Å². The molecule has 2 rings (SSSR count). The van der Waals surface area contributed by atoms with E-state index in [0.717, 1.165) is 0 Å². The molecule has 2 aromatic rings. The van der Waals surface area contributed by atoms with E-state index in [9.17, 15) is 18.0 Å². The molecule has 0 saturated carbocycles. The zero-order valence-electron chi connectivity index (χ0n) is 8.63. The summed E-state index contributed by atoms with van der Waals surface area (Å²) >= 11 is 0. The van der Waals surface area contributed by atoms with E-state index in [1.807, 2.05) is 0 Å². The van der Waals surface area contributed by atoms with E-state index < -0.39 is 18.0 Å². The second-order valence-electron chi connectivity index (χ2n) is 3.12. The number of aromatic nitrogens is 4. The van der Waals surface area contributed by atoms with Crippen molar-refractivity contribution in [2.75, 3.05) is 0 Å². The largest absolute Gasteiger partial charge is 0.456 e. The van der Waals surface area contributed by atoms with Crippen LogP contribution in [0.25, 0.3) is 0 Å². The van der Waals surface area contributed by atoms with Crippen LogP contribution >= 0.6 is 0 Å². The first-order valence-electron chi connectivity index (χ1n) is 4.62. The Kier molecular flexibility index (Phi) is 2.96. The third-order valence-electron chi connectivity index (χ3n) is 1.87. The van der Waals surface area contributed by atoms with Gasteiger partial charge >= 0.3 is 12.1 Å². The van der Waals surface area contributed by atoms with Crippen LogP contribution in [0.4, 0.5) is 13.2 Å². The van der Waals surface area contributed by atoms with Gasteiger partial charge in [0.25, 0.3) is 5.82 Å². The number of benzene rings is 1. The Morgan fingerprint density at radius 2 is 1.89 bits per heavy atom. The number of halogens is 3. The lowest BCUT2D eigenvalue weighted by Crippen LogP contribution is -2.26. The Labute approximate surface area is 97.9 Å². The van der Waals surface area contributed by atoms with Gasteiger partial charge < -0.3 is 4.84 Å². The minimum Gasteiger partial charge on any atom is -0.310 e. The summed E-state index contributed by atoms with van der Waals surface area (Å²) in [6.07, 6.45) is -4.81. The Hall–Kier alpha value is -2.45. The molecule has 18 heavy (non-hydrogen) atoms. The highest BCUT2D eigenvalue weighted by atomic mass is 19.4. The predicted octanol–water partition coefficient (Wildman–Crippen LogP) is 0.961. The van der Waals surface area contributed by atoms with Crippen molar-refractivity contribution in [1.29, 1.82) is 0 Å². The molecule has 0 saturated heterocycles. The monoisotopic (exact) mass is 258 g/mol. The molecule has 1 heterocycles. The van der Waals surface area contributed by atoms with Gasteiger partial charge in [-0.3, -0.25) is 0 Å². The molecule has 6 nitrogen and oxygen atoms in total. The Morgan fingerprint density at radius 1 is 1.22 bits per heavy atom. The van der Waals surface area contributed by atoms with Gasteiger partial charge in [0, 0.05) is 0 Å². The summed E-state index contributed by atoms with van der Waals surface area (Å²) in [5, 5.41) is 8.48. The molecular weight excluding hydrogens is 253 g/mol. The molecule has 94 valence electrons. The fourth-order valence-electron chi connectivity index (χ4n) is 1.11. The molecule has 9 heteroatoms. The van der Waals surface area contributed by atoms with Gasteiger partial charge in [0.15, 0.2) is 0 Å². The highest BCUT2D eigenvalue weighted by Crippen LogP contribution is 2.25. The normalized spacial score (nSPS) is 11.3. The van der Waals surface area contributed by atoms with E-state index in [1.54, 1.807) is 18.2 Å². The minimum absolute atomic E-state index is 0.0602. The Morgan fingerprint density at radius 3 is 2.50 bits per heavy atom. The molecule has 0 aliphatic rings. The van der Waals surface area contributed by atoms with Crippen LogP contribution in [0.15, 0.2) is 30.3 Å². The van der Waals surface area contributed by atoms with Gasteiger partial charge in [-0.25, -0.2) is 4.79 Å². The average molecular weight is 258 g/mol. The fourth-order valence-corrected chi connectivity index (χ4v) is 1.11. The maximum atomic E-state index is 12.4. The van der Waals surface area contributed by atoms with Crippen LogP contribution in [0.1, 0.15) is 16.2 Å². The molecule has 0 radical (unpaired) electrons.